The second-order valence-corrected chi connectivity index (χ2v) is 3.59. The molecule has 0 saturated carbocycles. The number of halogens is 1. The van der Waals surface area contributed by atoms with E-state index < -0.39 is 0 Å². The van der Waals surface area contributed by atoms with Crippen LogP contribution in [0.5, 0.6) is 0 Å². The van der Waals surface area contributed by atoms with E-state index in [0.29, 0.717) is 0 Å². The summed E-state index contributed by atoms with van der Waals surface area (Å²) in [5, 5.41) is 0.776. The van der Waals surface area contributed by atoms with Crippen LogP contribution in [0.1, 0.15) is 17.5 Å². The van der Waals surface area contributed by atoms with Gasteiger partial charge in [0.2, 0.25) is 0 Å². The fourth-order valence-corrected chi connectivity index (χ4v) is 1.18. The Labute approximate surface area is 89.7 Å². The average Bonchev–Trinajstić information content (AvgIpc) is 2.12. The molecule has 0 atom stereocenters. The van der Waals surface area contributed by atoms with Gasteiger partial charge in [0.1, 0.15) is 0 Å². The number of hydrogen-bond acceptors (Lipinski definition) is 1. The topological polar surface area (TPSA) is 0 Å². The summed E-state index contributed by atoms with van der Waals surface area (Å²) in [5.74, 6) is 6.84. The van der Waals surface area contributed by atoms with Crippen LogP contribution < -0.4 is 0 Å². The molecule has 0 N–H and O–H groups in total. The van der Waals surface area contributed by atoms with Gasteiger partial charge >= 0.3 is 0 Å². The molecule has 1 rings (SSSR count). The van der Waals surface area contributed by atoms with E-state index in [1.807, 2.05) is 25.1 Å². The van der Waals surface area contributed by atoms with E-state index >= 15 is 0 Å². The van der Waals surface area contributed by atoms with Gasteiger partial charge in [-0.25, -0.2) is 0 Å². The average molecular weight is 211 g/mol. The molecule has 0 aliphatic carbocycles. The molecule has 1 aromatic rings. The van der Waals surface area contributed by atoms with Gasteiger partial charge in [0.05, 0.1) is 0 Å². The van der Waals surface area contributed by atoms with Gasteiger partial charge in [-0.2, -0.15) is 12.6 Å². The van der Waals surface area contributed by atoms with Gasteiger partial charge < -0.3 is 0 Å². The van der Waals surface area contributed by atoms with Crippen LogP contribution in [0.4, 0.5) is 0 Å². The molecule has 0 radical (unpaired) electrons. The highest BCUT2D eigenvalue weighted by Gasteiger charge is 1.93. The summed E-state index contributed by atoms with van der Waals surface area (Å²) in [6.07, 6.45) is 0.814. The summed E-state index contributed by atoms with van der Waals surface area (Å²) in [4.78, 5) is 0. The highest BCUT2D eigenvalue weighted by atomic mass is 35.5. The van der Waals surface area contributed by atoms with E-state index in [0.717, 1.165) is 28.3 Å². The van der Waals surface area contributed by atoms with Crippen molar-refractivity contribution >= 4 is 24.2 Å². The highest BCUT2D eigenvalue weighted by molar-refractivity contribution is 7.80. The molecule has 0 heterocycles. The molecule has 0 nitrogen and oxygen atoms in total. The van der Waals surface area contributed by atoms with E-state index in [9.17, 15) is 0 Å². The maximum atomic E-state index is 5.94. The molecule has 0 bridgehead atoms. The number of aryl methyl sites for hydroxylation is 1. The molecule has 0 amide bonds. The maximum Gasteiger partial charge on any atom is 0.0447 e. The minimum absolute atomic E-state index is 0.776. The van der Waals surface area contributed by atoms with Crippen molar-refractivity contribution in [1.82, 2.24) is 0 Å². The smallest absolute Gasteiger partial charge is 0.0447 e. The molecule has 0 saturated heterocycles. The van der Waals surface area contributed by atoms with Crippen molar-refractivity contribution in [2.75, 3.05) is 5.75 Å². The van der Waals surface area contributed by atoms with Crippen LogP contribution in [-0.4, -0.2) is 5.75 Å². The van der Waals surface area contributed by atoms with Crippen molar-refractivity contribution in [3.8, 4) is 11.8 Å². The molecule has 68 valence electrons. The second kappa shape index (κ2) is 5.21. The first kappa shape index (κ1) is 10.5. The Morgan fingerprint density at radius 1 is 1.46 bits per heavy atom. The van der Waals surface area contributed by atoms with Crippen LogP contribution in [0.2, 0.25) is 5.02 Å². The first-order chi connectivity index (χ1) is 6.24. The SMILES string of the molecule is Cc1ccc(C#CCCS)cc1Cl. The number of rotatable bonds is 1. The lowest BCUT2D eigenvalue weighted by Gasteiger charge is -1.96. The van der Waals surface area contributed by atoms with Gasteiger partial charge in [-0.1, -0.05) is 29.5 Å². The molecule has 0 aliphatic rings. The third-order valence-corrected chi connectivity index (χ3v) is 2.27. The van der Waals surface area contributed by atoms with Crippen molar-refractivity contribution in [1.29, 1.82) is 0 Å². The van der Waals surface area contributed by atoms with Crippen molar-refractivity contribution in [2.45, 2.75) is 13.3 Å². The standard InChI is InChI=1S/C11H11ClS/c1-9-5-6-10(8-11(9)12)4-2-3-7-13/h5-6,8,13H,3,7H2,1H3. The van der Waals surface area contributed by atoms with Crippen molar-refractivity contribution in [3.05, 3.63) is 34.3 Å². The minimum atomic E-state index is 0.776. The molecular weight excluding hydrogens is 200 g/mol. The normalized spacial score (nSPS) is 9.15. The van der Waals surface area contributed by atoms with E-state index in [-0.39, 0.29) is 0 Å². The summed E-state index contributed by atoms with van der Waals surface area (Å²) >= 11 is 10.0. The van der Waals surface area contributed by atoms with Crippen LogP contribution in [-0.2, 0) is 0 Å². The second-order valence-electron chi connectivity index (χ2n) is 2.74. The Morgan fingerprint density at radius 2 is 2.23 bits per heavy atom. The lowest BCUT2D eigenvalue weighted by atomic mass is 10.1. The molecule has 2 heteroatoms. The minimum Gasteiger partial charge on any atom is -0.178 e. The van der Waals surface area contributed by atoms with Crippen LogP contribution >= 0.6 is 24.2 Å². The zero-order valence-corrected chi connectivity index (χ0v) is 9.12. The third kappa shape index (κ3) is 3.34. The summed E-state index contributed by atoms with van der Waals surface area (Å²) in [6, 6.07) is 5.85. The zero-order chi connectivity index (χ0) is 9.68. The Morgan fingerprint density at radius 3 is 2.85 bits per heavy atom. The monoisotopic (exact) mass is 210 g/mol. The fraction of sp³-hybridized carbons (Fsp3) is 0.273. The van der Waals surface area contributed by atoms with Crippen LogP contribution in [0.15, 0.2) is 18.2 Å². The molecule has 0 unspecified atom stereocenters. The molecule has 0 spiro atoms. The lowest BCUT2D eigenvalue weighted by molar-refractivity contribution is 1.31. The third-order valence-electron chi connectivity index (χ3n) is 1.64. The quantitative estimate of drug-likeness (QED) is 0.534. The maximum absolute atomic E-state index is 5.94. The first-order valence-electron chi connectivity index (χ1n) is 4.10. The van der Waals surface area contributed by atoms with E-state index in [2.05, 4.69) is 24.5 Å². The van der Waals surface area contributed by atoms with Crippen LogP contribution in [0.25, 0.3) is 0 Å². The van der Waals surface area contributed by atoms with Gasteiger partial charge in [0, 0.05) is 22.8 Å². The van der Waals surface area contributed by atoms with Crippen molar-refractivity contribution < 1.29 is 0 Å². The molecule has 0 aliphatic heterocycles. The van der Waals surface area contributed by atoms with Crippen molar-refractivity contribution in [3.63, 3.8) is 0 Å². The highest BCUT2D eigenvalue weighted by Crippen LogP contribution is 2.15. The first-order valence-corrected chi connectivity index (χ1v) is 5.11. The lowest BCUT2D eigenvalue weighted by Crippen LogP contribution is -1.78. The molecular formula is C11H11ClS. The van der Waals surface area contributed by atoms with E-state index in [1.165, 1.54) is 0 Å². The van der Waals surface area contributed by atoms with Gasteiger partial charge in [-0.15, -0.1) is 0 Å². The van der Waals surface area contributed by atoms with E-state index in [1.54, 1.807) is 0 Å². The van der Waals surface area contributed by atoms with Crippen LogP contribution in [0.3, 0.4) is 0 Å². The predicted molar refractivity (Wildman–Crippen MR) is 61.5 cm³/mol. The largest absolute Gasteiger partial charge is 0.178 e. The predicted octanol–water partition coefficient (Wildman–Crippen LogP) is 3.32. The van der Waals surface area contributed by atoms with Crippen molar-refractivity contribution in [2.24, 2.45) is 0 Å². The Balaban J connectivity index is 2.81. The Hall–Kier alpha value is -0.580. The number of hydrogen-bond donors (Lipinski definition) is 1. The number of benzene rings is 1. The molecule has 13 heavy (non-hydrogen) atoms. The van der Waals surface area contributed by atoms with Gasteiger partial charge in [0.25, 0.3) is 0 Å². The Kier molecular flexibility index (Phi) is 4.21. The van der Waals surface area contributed by atoms with Gasteiger partial charge in [-0.3, -0.25) is 0 Å². The molecule has 1 aromatic carbocycles. The fourth-order valence-electron chi connectivity index (χ4n) is 0.891. The summed E-state index contributed by atoms with van der Waals surface area (Å²) in [7, 11) is 0. The van der Waals surface area contributed by atoms with Gasteiger partial charge in [-0.05, 0) is 24.6 Å². The van der Waals surface area contributed by atoms with Crippen LogP contribution in [0, 0.1) is 18.8 Å². The Bertz CT molecular complexity index is 347. The molecule has 0 aromatic heterocycles. The summed E-state index contributed by atoms with van der Waals surface area (Å²) in [6.45, 7) is 1.98. The van der Waals surface area contributed by atoms with Gasteiger partial charge in [0.15, 0.2) is 0 Å². The molecule has 0 fully saturated rings. The zero-order valence-electron chi connectivity index (χ0n) is 7.47. The van der Waals surface area contributed by atoms with E-state index in [4.69, 9.17) is 11.6 Å². The summed E-state index contributed by atoms with van der Waals surface area (Å²) in [5.41, 5.74) is 2.05. The summed E-state index contributed by atoms with van der Waals surface area (Å²) < 4.78 is 0. The number of thiol groups is 1.